The molecule has 0 aromatic heterocycles. The van der Waals surface area contributed by atoms with Crippen molar-refractivity contribution in [3.8, 4) is 28.7 Å². The number of fused-ring (bicyclic) bond motifs is 1. The Morgan fingerprint density at radius 2 is 1.47 bits per heavy atom. The summed E-state index contributed by atoms with van der Waals surface area (Å²) in [5.74, 6) is 3.17. The van der Waals surface area contributed by atoms with Crippen molar-refractivity contribution in [1.29, 1.82) is 0 Å². The third kappa shape index (κ3) is 5.82. The van der Waals surface area contributed by atoms with Crippen molar-refractivity contribution in [1.82, 2.24) is 4.90 Å². The van der Waals surface area contributed by atoms with E-state index < -0.39 is 0 Å². The standard InChI is InChI=1S/C31H37NO6/c1-7-36-27-10-9-23(17-30(27)37-8-2)31(33)32-12-11-22-16-28(34-5)29(35-6)18-25(22)26(32)19-38-24-14-20(3)13-21(4)15-24/h9-10,13-18,26H,7-8,11-12,19H2,1-6H3. The maximum Gasteiger partial charge on any atom is 0.254 e. The topological polar surface area (TPSA) is 66.5 Å². The molecule has 4 rings (SSSR count). The van der Waals surface area contributed by atoms with Crippen LogP contribution in [-0.2, 0) is 6.42 Å². The minimum absolute atomic E-state index is 0.0940. The van der Waals surface area contributed by atoms with Crippen LogP contribution in [0, 0.1) is 13.8 Å². The van der Waals surface area contributed by atoms with Crippen molar-refractivity contribution in [3.05, 3.63) is 76.3 Å². The first-order valence-corrected chi connectivity index (χ1v) is 13.0. The minimum atomic E-state index is -0.325. The molecule has 202 valence electrons. The Morgan fingerprint density at radius 3 is 2.13 bits per heavy atom. The summed E-state index contributed by atoms with van der Waals surface area (Å²) < 4.78 is 28.9. The van der Waals surface area contributed by atoms with Crippen molar-refractivity contribution in [2.45, 2.75) is 40.2 Å². The van der Waals surface area contributed by atoms with E-state index in [0.29, 0.717) is 61.3 Å². The van der Waals surface area contributed by atoms with Crippen LogP contribution in [0.15, 0.2) is 48.5 Å². The highest BCUT2D eigenvalue weighted by Crippen LogP contribution is 2.39. The quantitative estimate of drug-likeness (QED) is 0.330. The van der Waals surface area contributed by atoms with Gasteiger partial charge in [0.2, 0.25) is 0 Å². The van der Waals surface area contributed by atoms with Crippen LogP contribution in [0.5, 0.6) is 28.7 Å². The Bertz CT molecular complexity index is 1270. The van der Waals surface area contributed by atoms with Gasteiger partial charge in [-0.3, -0.25) is 4.79 Å². The molecular formula is C31H37NO6. The van der Waals surface area contributed by atoms with E-state index in [-0.39, 0.29) is 11.9 Å². The molecule has 38 heavy (non-hydrogen) atoms. The lowest BCUT2D eigenvalue weighted by Crippen LogP contribution is -2.42. The highest BCUT2D eigenvalue weighted by atomic mass is 16.5. The maximum atomic E-state index is 14.0. The first kappa shape index (κ1) is 27.2. The second kappa shape index (κ2) is 12.1. The highest BCUT2D eigenvalue weighted by Gasteiger charge is 2.34. The molecule has 0 N–H and O–H groups in total. The molecular weight excluding hydrogens is 482 g/mol. The average Bonchev–Trinajstić information content (AvgIpc) is 2.91. The van der Waals surface area contributed by atoms with Crippen molar-refractivity contribution in [2.75, 3.05) is 40.6 Å². The first-order valence-electron chi connectivity index (χ1n) is 13.0. The summed E-state index contributed by atoms with van der Waals surface area (Å²) in [6.07, 6.45) is 0.691. The van der Waals surface area contributed by atoms with Gasteiger partial charge in [-0.2, -0.15) is 0 Å². The second-order valence-corrected chi connectivity index (χ2v) is 9.33. The monoisotopic (exact) mass is 519 g/mol. The average molecular weight is 520 g/mol. The molecule has 0 aliphatic carbocycles. The Hall–Kier alpha value is -3.87. The van der Waals surface area contributed by atoms with Gasteiger partial charge in [0.25, 0.3) is 5.91 Å². The summed E-state index contributed by atoms with van der Waals surface area (Å²) in [4.78, 5) is 15.8. The van der Waals surface area contributed by atoms with E-state index >= 15 is 0 Å². The van der Waals surface area contributed by atoms with Gasteiger partial charge >= 0.3 is 0 Å². The molecule has 3 aromatic carbocycles. The van der Waals surface area contributed by atoms with E-state index in [9.17, 15) is 4.79 Å². The lowest BCUT2D eigenvalue weighted by atomic mass is 9.91. The van der Waals surface area contributed by atoms with Crippen molar-refractivity contribution in [3.63, 3.8) is 0 Å². The Morgan fingerprint density at radius 1 is 0.816 bits per heavy atom. The van der Waals surface area contributed by atoms with Crippen molar-refractivity contribution in [2.24, 2.45) is 0 Å². The molecule has 1 atom stereocenters. The molecule has 0 bridgehead atoms. The molecule has 0 saturated heterocycles. The van der Waals surface area contributed by atoms with Crippen LogP contribution in [0.3, 0.4) is 0 Å². The molecule has 7 heteroatoms. The molecule has 0 saturated carbocycles. The number of ether oxygens (including phenoxy) is 5. The van der Waals surface area contributed by atoms with Gasteiger partial charge in [0.1, 0.15) is 12.4 Å². The van der Waals surface area contributed by atoms with Gasteiger partial charge in [-0.05, 0) is 98.8 Å². The Kier molecular flexibility index (Phi) is 8.66. The lowest BCUT2D eigenvalue weighted by molar-refractivity contribution is 0.0588. The molecule has 0 radical (unpaired) electrons. The third-order valence-electron chi connectivity index (χ3n) is 6.66. The summed E-state index contributed by atoms with van der Waals surface area (Å²) in [7, 11) is 3.25. The summed E-state index contributed by atoms with van der Waals surface area (Å²) in [6, 6.07) is 15.1. The predicted molar refractivity (Wildman–Crippen MR) is 147 cm³/mol. The van der Waals surface area contributed by atoms with E-state index in [2.05, 4.69) is 6.07 Å². The SMILES string of the molecule is CCOc1ccc(C(=O)N2CCc3cc(OC)c(OC)cc3C2COc2cc(C)cc(C)c2)cc1OCC. The fourth-order valence-corrected chi connectivity index (χ4v) is 4.99. The van der Waals surface area contributed by atoms with Crippen LogP contribution < -0.4 is 23.7 Å². The second-order valence-electron chi connectivity index (χ2n) is 9.33. The van der Waals surface area contributed by atoms with Gasteiger partial charge in [-0.1, -0.05) is 6.07 Å². The molecule has 1 aliphatic heterocycles. The fraction of sp³-hybridized carbons (Fsp3) is 0.387. The van der Waals surface area contributed by atoms with Crippen LogP contribution in [0.1, 0.15) is 52.5 Å². The van der Waals surface area contributed by atoms with Crippen molar-refractivity contribution >= 4 is 5.91 Å². The molecule has 1 unspecified atom stereocenters. The zero-order valence-electron chi connectivity index (χ0n) is 23.1. The van der Waals surface area contributed by atoms with Crippen LogP contribution in [0.25, 0.3) is 0 Å². The summed E-state index contributed by atoms with van der Waals surface area (Å²) in [5.41, 5.74) is 4.89. The van der Waals surface area contributed by atoms with E-state index in [1.165, 1.54) is 0 Å². The molecule has 0 fully saturated rings. The van der Waals surface area contributed by atoms with Crippen LogP contribution >= 0.6 is 0 Å². The predicted octanol–water partition coefficient (Wildman–Crippen LogP) is 5.94. The van der Waals surface area contributed by atoms with E-state index in [0.717, 1.165) is 28.0 Å². The van der Waals surface area contributed by atoms with E-state index in [1.807, 2.05) is 56.9 Å². The molecule has 1 amide bonds. The molecule has 1 heterocycles. The molecule has 0 spiro atoms. The fourth-order valence-electron chi connectivity index (χ4n) is 4.99. The van der Waals surface area contributed by atoms with E-state index in [4.69, 9.17) is 23.7 Å². The third-order valence-corrected chi connectivity index (χ3v) is 6.66. The smallest absolute Gasteiger partial charge is 0.254 e. The van der Waals surface area contributed by atoms with Gasteiger partial charge in [0, 0.05) is 12.1 Å². The number of aryl methyl sites for hydroxylation is 2. The summed E-state index contributed by atoms with van der Waals surface area (Å²) in [5, 5.41) is 0. The largest absolute Gasteiger partial charge is 0.493 e. The first-order chi connectivity index (χ1) is 18.4. The van der Waals surface area contributed by atoms with Crippen LogP contribution in [0.2, 0.25) is 0 Å². The number of carbonyl (C=O) groups is 1. The van der Waals surface area contributed by atoms with Gasteiger partial charge < -0.3 is 28.6 Å². The molecule has 3 aromatic rings. The number of carbonyl (C=O) groups excluding carboxylic acids is 1. The number of methoxy groups -OCH3 is 2. The normalized spacial score (nSPS) is 14.5. The number of hydrogen-bond donors (Lipinski definition) is 0. The number of hydrogen-bond acceptors (Lipinski definition) is 6. The van der Waals surface area contributed by atoms with Gasteiger partial charge in [-0.25, -0.2) is 0 Å². The number of rotatable bonds is 10. The number of benzene rings is 3. The van der Waals surface area contributed by atoms with Crippen LogP contribution in [-0.4, -0.2) is 51.4 Å². The van der Waals surface area contributed by atoms with Gasteiger partial charge in [0.15, 0.2) is 23.0 Å². The summed E-state index contributed by atoms with van der Waals surface area (Å²) in [6.45, 7) is 9.75. The van der Waals surface area contributed by atoms with Gasteiger partial charge in [0.05, 0.1) is 33.5 Å². The minimum Gasteiger partial charge on any atom is -0.493 e. The lowest BCUT2D eigenvalue weighted by Gasteiger charge is -2.37. The van der Waals surface area contributed by atoms with Gasteiger partial charge in [-0.15, -0.1) is 0 Å². The highest BCUT2D eigenvalue weighted by molar-refractivity contribution is 5.95. The van der Waals surface area contributed by atoms with E-state index in [1.54, 1.807) is 32.4 Å². The molecule has 1 aliphatic rings. The zero-order valence-corrected chi connectivity index (χ0v) is 23.1. The Labute approximate surface area is 225 Å². The maximum absolute atomic E-state index is 14.0. The summed E-state index contributed by atoms with van der Waals surface area (Å²) >= 11 is 0. The van der Waals surface area contributed by atoms with Crippen LogP contribution in [0.4, 0.5) is 0 Å². The Balaban J connectivity index is 1.71. The number of amides is 1. The van der Waals surface area contributed by atoms with Crippen molar-refractivity contribution < 1.29 is 28.5 Å². The molecule has 7 nitrogen and oxygen atoms in total. The number of nitrogens with zero attached hydrogens (tertiary/aromatic N) is 1. The zero-order chi connectivity index (χ0) is 27.2.